The molecule has 4 saturated carbocycles. The fourth-order valence-electron chi connectivity index (χ4n) is 6.30. The largest absolute Gasteiger partial charge is 0.313 e. The van der Waals surface area contributed by atoms with E-state index >= 15 is 0 Å². The van der Waals surface area contributed by atoms with Gasteiger partial charge in [-0.1, -0.05) is 0 Å². The first-order valence-corrected chi connectivity index (χ1v) is 10.7. The first kappa shape index (κ1) is 14.5. The van der Waals surface area contributed by atoms with Crippen molar-refractivity contribution in [3.63, 3.8) is 0 Å². The molecule has 0 aromatic heterocycles. The quantitative estimate of drug-likeness (QED) is 0.868. The van der Waals surface area contributed by atoms with Gasteiger partial charge in [-0.3, -0.25) is 0 Å². The van der Waals surface area contributed by atoms with Crippen molar-refractivity contribution in [1.29, 1.82) is 0 Å². The van der Waals surface area contributed by atoms with E-state index in [2.05, 4.69) is 12.2 Å². The number of sulfone groups is 1. The van der Waals surface area contributed by atoms with Crippen LogP contribution in [0.1, 0.15) is 51.9 Å². The van der Waals surface area contributed by atoms with E-state index in [0.29, 0.717) is 28.9 Å². The fourth-order valence-corrected chi connectivity index (χ4v) is 8.16. The summed E-state index contributed by atoms with van der Waals surface area (Å²) in [6, 6.07) is 0.564. The average molecular weight is 311 g/mol. The zero-order chi connectivity index (χ0) is 14.7. The van der Waals surface area contributed by atoms with E-state index in [1.807, 2.05) is 0 Å². The molecular formula is C17H29NO2S. The van der Waals surface area contributed by atoms with Crippen molar-refractivity contribution in [1.82, 2.24) is 5.32 Å². The van der Waals surface area contributed by atoms with Gasteiger partial charge in [0.1, 0.15) is 0 Å². The molecule has 1 heterocycles. The second kappa shape index (κ2) is 4.95. The Balaban J connectivity index is 1.38. The maximum absolute atomic E-state index is 11.6. The maximum Gasteiger partial charge on any atom is 0.150 e. The monoisotopic (exact) mass is 311 g/mol. The predicted octanol–water partition coefficient (Wildman–Crippen LogP) is 2.62. The van der Waals surface area contributed by atoms with Gasteiger partial charge in [-0.2, -0.15) is 0 Å². The molecule has 4 aliphatic carbocycles. The fraction of sp³-hybridized carbons (Fsp3) is 1.00. The topological polar surface area (TPSA) is 46.2 Å². The molecule has 5 aliphatic rings. The van der Waals surface area contributed by atoms with Gasteiger partial charge in [0.15, 0.2) is 9.84 Å². The van der Waals surface area contributed by atoms with E-state index < -0.39 is 9.84 Å². The van der Waals surface area contributed by atoms with Crippen molar-refractivity contribution in [2.24, 2.45) is 29.1 Å². The second-order valence-electron chi connectivity index (χ2n) is 8.68. The standard InChI is InChI=1S/C17H29NO2S/c1-12(18-10-13-2-3-21(19,20)11-13)17-7-14-4-15(8-17)6-16(5-14)9-17/h12-16,18H,2-11H2,1H3/t12-,13+,14?,15?,16?,17?/m0/s1. The lowest BCUT2D eigenvalue weighted by Crippen LogP contribution is -2.55. The van der Waals surface area contributed by atoms with Crippen LogP contribution in [0.15, 0.2) is 0 Å². The van der Waals surface area contributed by atoms with E-state index in [4.69, 9.17) is 0 Å². The molecule has 1 saturated heterocycles. The molecule has 1 N–H and O–H groups in total. The SMILES string of the molecule is C[C@H](NC[C@H]1CCS(=O)(=O)C1)C12CC3CC(CC(C3)C1)C2. The van der Waals surface area contributed by atoms with Gasteiger partial charge in [0.05, 0.1) is 11.5 Å². The summed E-state index contributed by atoms with van der Waals surface area (Å²) < 4.78 is 23.2. The van der Waals surface area contributed by atoms with Crippen LogP contribution in [0.25, 0.3) is 0 Å². The van der Waals surface area contributed by atoms with Crippen LogP contribution < -0.4 is 5.32 Å². The van der Waals surface area contributed by atoms with Gasteiger partial charge in [0.25, 0.3) is 0 Å². The molecule has 2 atom stereocenters. The Morgan fingerprint density at radius 3 is 2.14 bits per heavy atom. The third-order valence-corrected chi connectivity index (χ3v) is 8.88. The van der Waals surface area contributed by atoms with Crippen molar-refractivity contribution >= 4 is 9.84 Å². The zero-order valence-electron chi connectivity index (χ0n) is 13.2. The summed E-state index contributed by atoms with van der Waals surface area (Å²) in [7, 11) is -2.73. The van der Waals surface area contributed by atoms with Crippen LogP contribution in [-0.2, 0) is 9.84 Å². The highest BCUT2D eigenvalue weighted by molar-refractivity contribution is 7.91. The Morgan fingerprint density at radius 2 is 1.67 bits per heavy atom. The molecule has 0 unspecified atom stereocenters. The summed E-state index contributed by atoms with van der Waals surface area (Å²) in [6.07, 6.45) is 9.62. The molecule has 0 spiro atoms. The van der Waals surface area contributed by atoms with Gasteiger partial charge >= 0.3 is 0 Å². The Morgan fingerprint density at radius 1 is 1.10 bits per heavy atom. The van der Waals surface area contributed by atoms with Gasteiger partial charge in [-0.25, -0.2) is 8.42 Å². The summed E-state index contributed by atoms with van der Waals surface area (Å²) in [6.45, 7) is 3.28. The molecule has 0 aromatic rings. The van der Waals surface area contributed by atoms with Crippen LogP contribution in [0, 0.1) is 29.1 Å². The molecule has 0 aromatic carbocycles. The lowest BCUT2D eigenvalue weighted by molar-refractivity contribution is -0.0707. The number of nitrogens with one attached hydrogen (secondary N) is 1. The Hall–Kier alpha value is -0.0900. The van der Waals surface area contributed by atoms with Crippen LogP contribution in [0.5, 0.6) is 0 Å². The predicted molar refractivity (Wildman–Crippen MR) is 84.8 cm³/mol. The minimum atomic E-state index is -2.73. The summed E-state index contributed by atoms with van der Waals surface area (Å²) in [4.78, 5) is 0. The van der Waals surface area contributed by atoms with Crippen LogP contribution in [0.2, 0.25) is 0 Å². The molecule has 0 radical (unpaired) electrons. The van der Waals surface area contributed by atoms with Crippen LogP contribution in [-0.4, -0.2) is 32.5 Å². The Labute approximate surface area is 129 Å². The third-order valence-electron chi connectivity index (χ3n) is 7.04. The van der Waals surface area contributed by atoms with Crippen LogP contribution in [0.4, 0.5) is 0 Å². The normalized spacial score (nSPS) is 48.6. The van der Waals surface area contributed by atoms with Gasteiger partial charge in [0.2, 0.25) is 0 Å². The van der Waals surface area contributed by atoms with E-state index in [1.54, 1.807) is 0 Å². The van der Waals surface area contributed by atoms with Gasteiger partial charge in [-0.05, 0) is 87.5 Å². The molecule has 3 nitrogen and oxygen atoms in total. The number of rotatable bonds is 4. The Kier molecular flexibility index (Phi) is 3.42. The Bertz CT molecular complexity index is 478. The van der Waals surface area contributed by atoms with Gasteiger partial charge < -0.3 is 5.32 Å². The second-order valence-corrected chi connectivity index (χ2v) is 10.9. The summed E-state index contributed by atoms with van der Waals surface area (Å²) >= 11 is 0. The molecule has 21 heavy (non-hydrogen) atoms. The lowest BCUT2D eigenvalue weighted by Gasteiger charge is -2.59. The number of hydrogen-bond donors (Lipinski definition) is 1. The molecule has 5 rings (SSSR count). The van der Waals surface area contributed by atoms with E-state index in [-0.39, 0.29) is 0 Å². The van der Waals surface area contributed by atoms with Gasteiger partial charge in [0, 0.05) is 6.04 Å². The summed E-state index contributed by atoms with van der Waals surface area (Å²) in [5.41, 5.74) is 0.534. The number of hydrogen-bond acceptors (Lipinski definition) is 3. The lowest BCUT2D eigenvalue weighted by atomic mass is 9.48. The van der Waals surface area contributed by atoms with Crippen molar-refractivity contribution in [2.45, 2.75) is 57.9 Å². The highest BCUT2D eigenvalue weighted by atomic mass is 32.2. The van der Waals surface area contributed by atoms with E-state index in [1.165, 1.54) is 38.5 Å². The average Bonchev–Trinajstić information content (AvgIpc) is 2.74. The van der Waals surface area contributed by atoms with Crippen LogP contribution in [0.3, 0.4) is 0 Å². The van der Waals surface area contributed by atoms with E-state index in [0.717, 1.165) is 30.7 Å². The smallest absolute Gasteiger partial charge is 0.150 e. The van der Waals surface area contributed by atoms with Crippen molar-refractivity contribution in [2.75, 3.05) is 18.1 Å². The van der Waals surface area contributed by atoms with Gasteiger partial charge in [-0.15, -0.1) is 0 Å². The molecule has 4 heteroatoms. The maximum atomic E-state index is 11.6. The molecule has 120 valence electrons. The highest BCUT2D eigenvalue weighted by Gasteiger charge is 2.53. The molecule has 0 amide bonds. The van der Waals surface area contributed by atoms with Crippen LogP contribution >= 0.6 is 0 Å². The first-order chi connectivity index (χ1) is 9.94. The molecule has 4 bridgehead atoms. The molecule has 5 fully saturated rings. The van der Waals surface area contributed by atoms with Crippen molar-refractivity contribution in [3.8, 4) is 0 Å². The minimum absolute atomic E-state index is 0.353. The van der Waals surface area contributed by atoms with E-state index in [9.17, 15) is 8.42 Å². The van der Waals surface area contributed by atoms with Crippen molar-refractivity contribution in [3.05, 3.63) is 0 Å². The summed E-state index contributed by atoms with van der Waals surface area (Å²) in [5.74, 6) is 4.15. The highest BCUT2D eigenvalue weighted by Crippen LogP contribution is 2.61. The molecule has 1 aliphatic heterocycles. The first-order valence-electron chi connectivity index (χ1n) is 8.88. The minimum Gasteiger partial charge on any atom is -0.313 e. The molecular weight excluding hydrogens is 282 g/mol. The van der Waals surface area contributed by atoms with Crippen molar-refractivity contribution < 1.29 is 8.42 Å². The third kappa shape index (κ3) is 2.67. The zero-order valence-corrected chi connectivity index (χ0v) is 14.0. The summed E-state index contributed by atoms with van der Waals surface area (Å²) in [5, 5.41) is 3.75.